The van der Waals surface area contributed by atoms with Crippen molar-refractivity contribution in [2.45, 2.75) is 12.8 Å². The summed E-state index contributed by atoms with van der Waals surface area (Å²) in [6.45, 7) is 0.147. The molecule has 0 aliphatic carbocycles. The lowest BCUT2D eigenvalue weighted by molar-refractivity contribution is -0.143. The Kier molecular flexibility index (Phi) is 7.38. The minimum Gasteiger partial charge on any atom is -0.489 e. The monoisotopic (exact) mass is 510 g/mol. The van der Waals surface area contributed by atoms with E-state index < -0.39 is 40.7 Å². The number of rotatable bonds is 6. The van der Waals surface area contributed by atoms with Crippen LogP contribution in [0.25, 0.3) is 0 Å². The molecule has 174 valence electrons. The highest BCUT2D eigenvalue weighted by Crippen LogP contribution is 2.38. The SMILES string of the molecule is Fc1c(F)c(C(F)(F)F)c(F)c(F)c1N/N=C\c1ccc(OCc2ccc(Cl)cc2Cl)cc1. The fourth-order valence-corrected chi connectivity index (χ4v) is 3.06. The van der Waals surface area contributed by atoms with Crippen LogP contribution in [-0.4, -0.2) is 6.21 Å². The van der Waals surface area contributed by atoms with E-state index in [4.69, 9.17) is 27.9 Å². The van der Waals surface area contributed by atoms with E-state index in [1.165, 1.54) is 24.3 Å². The maximum atomic E-state index is 13.8. The largest absolute Gasteiger partial charge is 0.489 e. The minimum atomic E-state index is -5.62. The molecule has 0 fully saturated rings. The average Bonchev–Trinajstić information content (AvgIpc) is 2.74. The van der Waals surface area contributed by atoms with Gasteiger partial charge in [-0.3, -0.25) is 5.43 Å². The zero-order chi connectivity index (χ0) is 24.3. The number of nitrogens with zero attached hydrogens (tertiary/aromatic N) is 1. The van der Waals surface area contributed by atoms with Crippen molar-refractivity contribution in [3.63, 3.8) is 0 Å². The highest BCUT2D eigenvalue weighted by molar-refractivity contribution is 6.35. The zero-order valence-electron chi connectivity index (χ0n) is 16.1. The number of alkyl halides is 3. The summed E-state index contributed by atoms with van der Waals surface area (Å²) in [5.74, 6) is -9.25. The van der Waals surface area contributed by atoms with Gasteiger partial charge in [-0.2, -0.15) is 18.3 Å². The number of hydrazone groups is 1. The first kappa shape index (κ1) is 24.7. The summed E-state index contributed by atoms with van der Waals surface area (Å²) >= 11 is 11.9. The quantitative estimate of drug-likeness (QED) is 0.160. The molecule has 1 N–H and O–H groups in total. The maximum Gasteiger partial charge on any atom is 0.422 e. The van der Waals surface area contributed by atoms with Crippen molar-refractivity contribution >= 4 is 35.1 Å². The molecular weight excluding hydrogens is 500 g/mol. The molecular formula is C21H11Cl2F7N2O. The summed E-state index contributed by atoms with van der Waals surface area (Å²) in [6, 6.07) is 11.0. The predicted molar refractivity (Wildman–Crippen MR) is 110 cm³/mol. The molecule has 0 amide bonds. The molecule has 0 bridgehead atoms. The second-order valence-electron chi connectivity index (χ2n) is 6.47. The molecule has 3 nitrogen and oxygen atoms in total. The van der Waals surface area contributed by atoms with Crippen molar-refractivity contribution in [1.82, 2.24) is 0 Å². The number of hydrogen-bond acceptors (Lipinski definition) is 3. The second kappa shape index (κ2) is 9.88. The molecule has 33 heavy (non-hydrogen) atoms. The summed E-state index contributed by atoms with van der Waals surface area (Å²) in [7, 11) is 0. The Bertz CT molecular complexity index is 1170. The predicted octanol–water partition coefficient (Wildman–Crippen LogP) is 7.59. The number of benzene rings is 3. The highest BCUT2D eigenvalue weighted by Gasteiger charge is 2.42. The van der Waals surface area contributed by atoms with Crippen LogP contribution in [-0.2, 0) is 12.8 Å². The van der Waals surface area contributed by atoms with Gasteiger partial charge >= 0.3 is 6.18 Å². The highest BCUT2D eigenvalue weighted by atomic mass is 35.5. The summed E-state index contributed by atoms with van der Waals surface area (Å²) in [6.07, 6.45) is -4.60. The Hall–Kier alpha value is -2.98. The molecule has 3 rings (SSSR count). The fourth-order valence-electron chi connectivity index (χ4n) is 2.60. The number of hydrogen-bond donors (Lipinski definition) is 1. The van der Waals surface area contributed by atoms with Gasteiger partial charge < -0.3 is 4.74 Å². The van der Waals surface area contributed by atoms with E-state index in [-0.39, 0.29) is 6.61 Å². The van der Waals surface area contributed by atoms with Crippen LogP contribution < -0.4 is 10.2 Å². The van der Waals surface area contributed by atoms with E-state index in [0.29, 0.717) is 26.9 Å². The number of halogens is 9. The lowest BCUT2D eigenvalue weighted by Gasteiger charge is -2.13. The summed E-state index contributed by atoms with van der Waals surface area (Å²) < 4.78 is 98.3. The minimum absolute atomic E-state index is 0.147. The van der Waals surface area contributed by atoms with Crippen molar-refractivity contribution < 1.29 is 35.5 Å². The Balaban J connectivity index is 1.69. The summed E-state index contributed by atoms with van der Waals surface area (Å²) in [5.41, 5.74) is -1.43. The molecule has 0 spiro atoms. The smallest absolute Gasteiger partial charge is 0.422 e. The molecule has 0 aliphatic heterocycles. The van der Waals surface area contributed by atoms with Gasteiger partial charge in [0.15, 0.2) is 23.3 Å². The third-order valence-electron chi connectivity index (χ3n) is 4.23. The maximum absolute atomic E-state index is 13.8. The Morgan fingerprint density at radius 2 is 1.48 bits per heavy atom. The molecule has 0 atom stereocenters. The van der Waals surface area contributed by atoms with Gasteiger partial charge in [-0.1, -0.05) is 29.3 Å². The molecule has 12 heteroatoms. The van der Waals surface area contributed by atoms with Gasteiger partial charge in [0.2, 0.25) is 0 Å². The van der Waals surface area contributed by atoms with Crippen LogP contribution in [0.4, 0.5) is 36.4 Å². The first-order chi connectivity index (χ1) is 15.5. The van der Waals surface area contributed by atoms with Crippen molar-refractivity contribution in [2.24, 2.45) is 5.10 Å². The first-order valence-corrected chi connectivity index (χ1v) is 9.63. The summed E-state index contributed by atoms with van der Waals surface area (Å²) in [5, 5.41) is 4.31. The van der Waals surface area contributed by atoms with E-state index in [0.717, 1.165) is 6.21 Å². The third-order valence-corrected chi connectivity index (χ3v) is 4.81. The lowest BCUT2D eigenvalue weighted by Crippen LogP contribution is -2.16. The van der Waals surface area contributed by atoms with Gasteiger partial charge in [0.05, 0.1) is 6.21 Å². The molecule has 0 aromatic heterocycles. The van der Waals surface area contributed by atoms with Crippen molar-refractivity contribution in [3.05, 3.63) is 92.5 Å². The topological polar surface area (TPSA) is 33.6 Å². The van der Waals surface area contributed by atoms with Crippen molar-refractivity contribution in [1.29, 1.82) is 0 Å². The van der Waals surface area contributed by atoms with Crippen LogP contribution in [0.2, 0.25) is 10.0 Å². The molecule has 0 unspecified atom stereocenters. The zero-order valence-corrected chi connectivity index (χ0v) is 17.6. The summed E-state index contributed by atoms with van der Waals surface area (Å²) in [4.78, 5) is 0. The van der Waals surface area contributed by atoms with Crippen molar-refractivity contribution in [3.8, 4) is 5.75 Å². The van der Waals surface area contributed by atoms with E-state index in [9.17, 15) is 30.7 Å². The van der Waals surface area contributed by atoms with E-state index in [2.05, 4.69) is 5.10 Å². The van der Waals surface area contributed by atoms with Gasteiger partial charge in [-0.15, -0.1) is 0 Å². The lowest BCUT2D eigenvalue weighted by atomic mass is 10.1. The molecule has 0 aliphatic rings. The van der Waals surface area contributed by atoms with Gasteiger partial charge in [-0.25, -0.2) is 17.6 Å². The second-order valence-corrected chi connectivity index (χ2v) is 7.31. The van der Waals surface area contributed by atoms with Crippen LogP contribution in [0.15, 0.2) is 47.6 Å². The van der Waals surface area contributed by atoms with Gasteiger partial charge in [0.1, 0.15) is 23.6 Å². The molecule has 0 saturated heterocycles. The Morgan fingerprint density at radius 3 is 2.03 bits per heavy atom. The van der Waals surface area contributed by atoms with Crippen LogP contribution in [0.5, 0.6) is 5.75 Å². The van der Waals surface area contributed by atoms with E-state index >= 15 is 0 Å². The first-order valence-electron chi connectivity index (χ1n) is 8.88. The molecule has 3 aromatic carbocycles. The van der Waals surface area contributed by atoms with Crippen LogP contribution >= 0.6 is 23.2 Å². The number of nitrogens with one attached hydrogen (secondary N) is 1. The van der Waals surface area contributed by atoms with Gasteiger partial charge in [0, 0.05) is 15.6 Å². The third kappa shape index (κ3) is 5.69. The van der Waals surface area contributed by atoms with E-state index in [1.807, 2.05) is 0 Å². The Morgan fingerprint density at radius 1 is 0.879 bits per heavy atom. The fraction of sp³-hybridized carbons (Fsp3) is 0.0952. The number of anilines is 1. The molecule has 0 saturated carbocycles. The molecule has 3 aromatic rings. The Labute approximate surface area is 192 Å². The molecule has 0 heterocycles. The van der Waals surface area contributed by atoms with Gasteiger partial charge in [-0.05, 0) is 42.0 Å². The normalized spacial score (nSPS) is 11.8. The average molecular weight is 511 g/mol. The molecule has 0 radical (unpaired) electrons. The van der Waals surface area contributed by atoms with Crippen molar-refractivity contribution in [2.75, 3.05) is 5.43 Å². The van der Waals surface area contributed by atoms with Crippen LogP contribution in [0.1, 0.15) is 16.7 Å². The standard InChI is InChI=1S/C21H11Cl2F7N2O/c22-12-4-3-11(14(23)7-12)9-33-13-5-1-10(2-6-13)8-31-32-20-18(26)16(24)15(21(28,29)30)17(25)19(20)27/h1-8,32H,9H2/b31-8-. The van der Waals surface area contributed by atoms with Crippen LogP contribution in [0, 0.1) is 23.3 Å². The van der Waals surface area contributed by atoms with E-state index in [1.54, 1.807) is 23.6 Å². The van der Waals surface area contributed by atoms with Gasteiger partial charge in [0.25, 0.3) is 0 Å². The van der Waals surface area contributed by atoms with Crippen LogP contribution in [0.3, 0.4) is 0 Å². The number of ether oxygens (including phenoxy) is 1.